The second kappa shape index (κ2) is 10.7. The first-order valence-electron chi connectivity index (χ1n) is 15.2. The second-order valence-corrected chi connectivity index (χ2v) is 12.9. The minimum atomic E-state index is -1.60. The van der Waals surface area contributed by atoms with Gasteiger partial charge >= 0.3 is 11.9 Å². The molecule has 9 atom stereocenters. The van der Waals surface area contributed by atoms with Crippen LogP contribution in [0.15, 0.2) is 59.4 Å². The Hall–Kier alpha value is -2.93. The molecule has 1 spiro atoms. The van der Waals surface area contributed by atoms with E-state index in [1.165, 1.54) is 7.11 Å². The lowest BCUT2D eigenvalue weighted by Gasteiger charge is -2.54. The fourth-order valence-corrected chi connectivity index (χ4v) is 8.64. The van der Waals surface area contributed by atoms with E-state index in [2.05, 4.69) is 24.3 Å². The maximum atomic E-state index is 14.7. The van der Waals surface area contributed by atoms with E-state index in [0.29, 0.717) is 31.3 Å². The summed E-state index contributed by atoms with van der Waals surface area (Å²) in [5, 5.41) is 23.5. The molecule has 0 unspecified atom stereocenters. The summed E-state index contributed by atoms with van der Waals surface area (Å²) in [7, 11) is 1.34. The highest BCUT2D eigenvalue weighted by atomic mass is 16.6. The third kappa shape index (κ3) is 4.21. The van der Waals surface area contributed by atoms with Crippen LogP contribution in [0.4, 0.5) is 0 Å². The fourth-order valence-electron chi connectivity index (χ4n) is 8.64. The Morgan fingerprint density at radius 2 is 1.90 bits per heavy atom. The van der Waals surface area contributed by atoms with Gasteiger partial charge in [0.15, 0.2) is 5.60 Å². The van der Waals surface area contributed by atoms with Crippen LogP contribution in [0, 0.1) is 40.4 Å². The molecule has 4 aliphatic carbocycles. The van der Waals surface area contributed by atoms with E-state index in [-0.39, 0.29) is 47.3 Å². The minimum absolute atomic E-state index is 0.118. The topological polar surface area (TPSA) is 110 Å². The van der Waals surface area contributed by atoms with E-state index in [4.69, 9.17) is 9.47 Å². The number of aliphatic hydroxyl groups is 2. The molecule has 0 aromatic rings. The molecular weight excluding hydrogens is 520 g/mol. The molecular formula is C34H44O7. The largest absolute Gasteiger partial charge is 0.511 e. The SMILES string of the molecule is CC[C@H]1C[C@]23OC(=O)/C(=C(\O)[C@@]4(CC)[C@@H]5CC[C@H](C)[C@H](O)[C@H]5C=C[C@H]4C/C=C/C/C=C/[C@@]2(C)C=C1C(=O)OC)C3=O. The molecule has 0 amide bonds. The number of carbonyl (C=O) groups is 3. The summed E-state index contributed by atoms with van der Waals surface area (Å²) in [6.07, 6.45) is 17.3. The van der Waals surface area contributed by atoms with Gasteiger partial charge in [-0.2, -0.15) is 0 Å². The molecule has 5 rings (SSSR count). The van der Waals surface area contributed by atoms with E-state index in [9.17, 15) is 24.6 Å². The van der Waals surface area contributed by atoms with E-state index in [1.807, 2.05) is 39.8 Å². The third-order valence-corrected chi connectivity index (χ3v) is 11.1. The molecule has 1 saturated heterocycles. The standard InChI is InChI=1S/C34H44O7/c1-6-21-18-34-29(37)26(31(39)41-34)28(36)33(7-2)22(14-15-23-25(33)16-13-20(3)27(23)35)12-10-8-9-11-17-32(34,4)19-24(21)30(38)40-5/h8,10-11,14-15,17,19-23,25,27,35-36H,6-7,9,12-13,16,18H2,1-5H3/b10-8+,17-11+,28-26-/t20-,21-,22+,23-,25+,27-,32-,33+,34+/m0/s1. The van der Waals surface area contributed by atoms with Crippen LogP contribution in [0.1, 0.15) is 72.6 Å². The fraction of sp³-hybridized carbons (Fsp3) is 0.618. The first kappa shape index (κ1) is 29.6. The van der Waals surface area contributed by atoms with Gasteiger partial charge in [0.1, 0.15) is 11.3 Å². The summed E-state index contributed by atoms with van der Waals surface area (Å²) in [5.74, 6) is -2.72. The van der Waals surface area contributed by atoms with Gasteiger partial charge in [0.05, 0.1) is 18.6 Å². The number of allylic oxidation sites excluding steroid dienone is 5. The molecule has 0 aromatic heterocycles. The number of carbonyl (C=O) groups excluding carboxylic acids is 3. The van der Waals surface area contributed by atoms with Crippen LogP contribution >= 0.6 is 0 Å². The zero-order valence-corrected chi connectivity index (χ0v) is 24.9. The van der Waals surface area contributed by atoms with Crippen molar-refractivity contribution in [1.82, 2.24) is 0 Å². The van der Waals surface area contributed by atoms with E-state index < -0.39 is 40.3 Å². The van der Waals surface area contributed by atoms with Crippen LogP contribution in [0.5, 0.6) is 0 Å². The molecule has 222 valence electrons. The molecule has 7 nitrogen and oxygen atoms in total. The van der Waals surface area contributed by atoms with Crippen LogP contribution in [-0.4, -0.2) is 46.7 Å². The molecule has 1 aliphatic heterocycles. The van der Waals surface area contributed by atoms with Crippen molar-refractivity contribution in [1.29, 1.82) is 0 Å². The molecule has 41 heavy (non-hydrogen) atoms. The quantitative estimate of drug-likeness (QED) is 0.257. The van der Waals surface area contributed by atoms with Gasteiger partial charge in [0.2, 0.25) is 5.78 Å². The maximum absolute atomic E-state index is 14.7. The lowest BCUT2D eigenvalue weighted by molar-refractivity contribution is -0.163. The first-order chi connectivity index (χ1) is 19.5. The van der Waals surface area contributed by atoms with E-state index in [0.717, 1.165) is 12.8 Å². The summed E-state index contributed by atoms with van der Waals surface area (Å²) in [4.78, 5) is 41.3. The lowest BCUT2D eigenvalue weighted by Crippen LogP contribution is -2.54. The number of methoxy groups -OCH3 is 1. The second-order valence-electron chi connectivity index (χ2n) is 12.9. The van der Waals surface area contributed by atoms with Gasteiger partial charge in [-0.15, -0.1) is 0 Å². The van der Waals surface area contributed by atoms with Crippen molar-refractivity contribution in [3.63, 3.8) is 0 Å². The Balaban J connectivity index is 1.75. The Labute approximate surface area is 243 Å². The molecule has 2 bridgehead atoms. The number of rotatable bonds is 3. The van der Waals surface area contributed by atoms with Crippen molar-refractivity contribution in [2.75, 3.05) is 7.11 Å². The van der Waals surface area contributed by atoms with Crippen molar-refractivity contribution >= 4 is 17.7 Å². The van der Waals surface area contributed by atoms with Gasteiger partial charge in [0.25, 0.3) is 0 Å². The van der Waals surface area contributed by atoms with Crippen molar-refractivity contribution in [3.8, 4) is 0 Å². The van der Waals surface area contributed by atoms with Crippen molar-refractivity contribution in [3.05, 3.63) is 59.4 Å². The minimum Gasteiger partial charge on any atom is -0.511 e. The highest BCUT2D eigenvalue weighted by Gasteiger charge is 2.66. The van der Waals surface area contributed by atoms with Crippen LogP contribution in [-0.2, 0) is 23.9 Å². The number of aliphatic hydroxyl groups excluding tert-OH is 2. The molecule has 0 radical (unpaired) electrons. The average Bonchev–Trinajstić information content (AvgIpc) is 3.22. The molecule has 0 aromatic carbocycles. The zero-order valence-electron chi connectivity index (χ0n) is 24.9. The zero-order chi connectivity index (χ0) is 29.7. The number of esters is 2. The number of fused-ring (bicyclic) bond motifs is 4. The predicted octanol–water partition coefficient (Wildman–Crippen LogP) is 5.71. The van der Waals surface area contributed by atoms with Crippen molar-refractivity contribution in [2.24, 2.45) is 40.4 Å². The average molecular weight is 565 g/mol. The number of Topliss-reactive ketones (excluding diaryl/α,β-unsaturated/α-hetero) is 1. The summed E-state index contributed by atoms with van der Waals surface area (Å²) < 4.78 is 11.2. The molecule has 2 fully saturated rings. The lowest BCUT2D eigenvalue weighted by atomic mass is 9.51. The third-order valence-electron chi connectivity index (χ3n) is 11.1. The summed E-state index contributed by atoms with van der Waals surface area (Å²) in [6.45, 7) is 7.78. The van der Waals surface area contributed by atoms with Gasteiger partial charge in [0, 0.05) is 23.3 Å². The summed E-state index contributed by atoms with van der Waals surface area (Å²) >= 11 is 0. The molecule has 5 aliphatic rings. The van der Waals surface area contributed by atoms with Crippen molar-refractivity contribution < 1.29 is 34.1 Å². The summed E-state index contributed by atoms with van der Waals surface area (Å²) in [6, 6.07) is 0. The van der Waals surface area contributed by atoms with Crippen LogP contribution < -0.4 is 0 Å². The van der Waals surface area contributed by atoms with Gasteiger partial charge in [-0.05, 0) is 69.1 Å². The highest BCUT2D eigenvalue weighted by molar-refractivity contribution is 6.26. The number of ether oxygens (including phenoxy) is 2. The Morgan fingerprint density at radius 3 is 2.59 bits per heavy atom. The molecule has 1 saturated carbocycles. The highest BCUT2D eigenvalue weighted by Crippen LogP contribution is 2.60. The number of ketones is 1. The Kier molecular flexibility index (Phi) is 7.73. The maximum Gasteiger partial charge on any atom is 0.346 e. The van der Waals surface area contributed by atoms with Crippen LogP contribution in [0.25, 0.3) is 0 Å². The van der Waals surface area contributed by atoms with Gasteiger partial charge in [-0.25, -0.2) is 9.59 Å². The predicted molar refractivity (Wildman–Crippen MR) is 154 cm³/mol. The smallest absolute Gasteiger partial charge is 0.346 e. The Bertz CT molecular complexity index is 1270. The summed E-state index contributed by atoms with van der Waals surface area (Å²) in [5.41, 5.74) is -3.46. The van der Waals surface area contributed by atoms with Crippen LogP contribution in [0.2, 0.25) is 0 Å². The van der Waals surface area contributed by atoms with Gasteiger partial charge < -0.3 is 19.7 Å². The molecule has 1 heterocycles. The molecule has 2 N–H and O–H groups in total. The number of hydrogen-bond donors (Lipinski definition) is 2. The van der Waals surface area contributed by atoms with E-state index >= 15 is 0 Å². The normalized spacial score (nSPS) is 45.5. The first-order valence-corrected chi connectivity index (χ1v) is 15.2. The molecule has 7 heteroatoms. The van der Waals surface area contributed by atoms with Gasteiger partial charge in [-0.1, -0.05) is 63.3 Å². The van der Waals surface area contributed by atoms with Crippen molar-refractivity contribution in [2.45, 2.75) is 84.3 Å². The van der Waals surface area contributed by atoms with E-state index in [1.54, 1.807) is 6.08 Å². The monoisotopic (exact) mass is 564 g/mol. The van der Waals surface area contributed by atoms with Gasteiger partial charge in [-0.3, -0.25) is 4.79 Å². The van der Waals surface area contributed by atoms with Crippen LogP contribution in [0.3, 0.4) is 0 Å². The Morgan fingerprint density at radius 1 is 1.15 bits per heavy atom. The number of hydrogen-bond acceptors (Lipinski definition) is 7.